The molecule has 0 saturated heterocycles. The summed E-state index contributed by atoms with van der Waals surface area (Å²) in [5, 5.41) is 0. The first-order valence-corrected chi connectivity index (χ1v) is 7.45. The lowest BCUT2D eigenvalue weighted by molar-refractivity contribution is 0.537. The predicted molar refractivity (Wildman–Crippen MR) is 59.4 cm³/mol. The summed E-state index contributed by atoms with van der Waals surface area (Å²) < 4.78 is 22.8. The number of rotatable bonds is 6. The Morgan fingerprint density at radius 2 is 1.92 bits per heavy atom. The minimum absolute atomic E-state index is 0.409. The molecule has 0 aliphatic carbocycles. The van der Waals surface area contributed by atoms with Gasteiger partial charge in [-0.25, -0.2) is 8.42 Å². The highest BCUT2D eigenvalue weighted by Gasteiger charge is 2.33. The van der Waals surface area contributed by atoms with Crippen LogP contribution in [0.25, 0.3) is 0 Å². The van der Waals surface area contributed by atoms with Crippen LogP contribution in [0.5, 0.6) is 0 Å². The van der Waals surface area contributed by atoms with E-state index in [4.69, 9.17) is 5.73 Å². The van der Waals surface area contributed by atoms with Gasteiger partial charge in [0.05, 0.1) is 4.75 Å². The van der Waals surface area contributed by atoms with Crippen molar-refractivity contribution in [3.8, 4) is 0 Å². The van der Waals surface area contributed by atoms with Crippen LogP contribution in [0.2, 0.25) is 0 Å². The molecule has 0 aromatic heterocycles. The standard InChI is InChI=1S/C8H19NO2S2/c1-4-5-8(2,3)13(10,11)12-7-6-9/h4-7,9H2,1-3H3. The summed E-state index contributed by atoms with van der Waals surface area (Å²) in [6.07, 6.45) is 1.59. The normalized spacial score (nSPS) is 13.2. The Labute approximate surface area is 84.8 Å². The molecule has 0 spiro atoms. The fourth-order valence-electron chi connectivity index (χ4n) is 1.04. The van der Waals surface area contributed by atoms with E-state index in [1.54, 1.807) is 13.8 Å². The van der Waals surface area contributed by atoms with Gasteiger partial charge in [0.15, 0.2) is 0 Å². The van der Waals surface area contributed by atoms with Crippen LogP contribution in [0.15, 0.2) is 0 Å². The third kappa shape index (κ3) is 3.87. The van der Waals surface area contributed by atoms with Crippen molar-refractivity contribution in [2.75, 3.05) is 12.3 Å². The van der Waals surface area contributed by atoms with Gasteiger partial charge in [0.2, 0.25) is 8.87 Å². The van der Waals surface area contributed by atoms with Crippen molar-refractivity contribution in [1.82, 2.24) is 0 Å². The first-order valence-electron chi connectivity index (χ1n) is 4.46. The van der Waals surface area contributed by atoms with E-state index in [-0.39, 0.29) is 0 Å². The van der Waals surface area contributed by atoms with Crippen LogP contribution in [-0.2, 0) is 8.87 Å². The van der Waals surface area contributed by atoms with Crippen LogP contribution in [0, 0.1) is 0 Å². The van der Waals surface area contributed by atoms with Gasteiger partial charge in [-0.2, -0.15) is 0 Å². The van der Waals surface area contributed by atoms with Gasteiger partial charge >= 0.3 is 0 Å². The van der Waals surface area contributed by atoms with E-state index in [0.717, 1.165) is 17.2 Å². The van der Waals surface area contributed by atoms with Crippen molar-refractivity contribution < 1.29 is 8.42 Å². The molecule has 0 heterocycles. The van der Waals surface area contributed by atoms with E-state index in [9.17, 15) is 8.42 Å². The van der Waals surface area contributed by atoms with Gasteiger partial charge in [-0.3, -0.25) is 0 Å². The zero-order valence-corrected chi connectivity index (χ0v) is 10.2. The zero-order chi connectivity index (χ0) is 10.5. The van der Waals surface area contributed by atoms with E-state index in [1.165, 1.54) is 0 Å². The van der Waals surface area contributed by atoms with Crippen molar-refractivity contribution in [1.29, 1.82) is 0 Å². The molecule has 5 heteroatoms. The molecular formula is C8H19NO2S2. The Morgan fingerprint density at radius 3 is 2.31 bits per heavy atom. The maximum atomic E-state index is 11.7. The monoisotopic (exact) mass is 225 g/mol. The first-order chi connectivity index (χ1) is 5.87. The molecule has 80 valence electrons. The smallest absolute Gasteiger partial charge is 0.206 e. The summed E-state index contributed by atoms with van der Waals surface area (Å²) in [6.45, 7) is 5.95. The van der Waals surface area contributed by atoms with Gasteiger partial charge in [0.1, 0.15) is 0 Å². The predicted octanol–water partition coefficient (Wildman–Crippen LogP) is 1.59. The molecule has 0 fully saturated rings. The van der Waals surface area contributed by atoms with Crippen molar-refractivity contribution in [3.05, 3.63) is 0 Å². The lowest BCUT2D eigenvalue weighted by atomic mass is 10.1. The van der Waals surface area contributed by atoms with E-state index < -0.39 is 13.6 Å². The molecule has 0 atom stereocenters. The molecule has 0 rings (SSSR count). The number of hydrogen-bond acceptors (Lipinski definition) is 4. The SMILES string of the molecule is CCCC(C)(C)S(=O)(=O)SCCN. The fraction of sp³-hybridized carbons (Fsp3) is 1.00. The van der Waals surface area contributed by atoms with Gasteiger partial charge in [-0.15, -0.1) is 0 Å². The van der Waals surface area contributed by atoms with Gasteiger partial charge in [-0.05, 0) is 31.1 Å². The molecule has 3 nitrogen and oxygen atoms in total. The highest BCUT2D eigenvalue weighted by atomic mass is 33.1. The average molecular weight is 225 g/mol. The van der Waals surface area contributed by atoms with Crippen molar-refractivity contribution in [3.63, 3.8) is 0 Å². The Morgan fingerprint density at radius 1 is 1.38 bits per heavy atom. The second kappa shape index (κ2) is 5.22. The minimum Gasteiger partial charge on any atom is -0.330 e. The van der Waals surface area contributed by atoms with Crippen LogP contribution < -0.4 is 5.73 Å². The van der Waals surface area contributed by atoms with Gasteiger partial charge in [-0.1, -0.05) is 13.3 Å². The molecule has 0 radical (unpaired) electrons. The van der Waals surface area contributed by atoms with Gasteiger partial charge < -0.3 is 5.73 Å². The molecule has 0 unspecified atom stereocenters. The number of hydrogen-bond donors (Lipinski definition) is 1. The lowest BCUT2D eigenvalue weighted by Gasteiger charge is -2.23. The first kappa shape index (κ1) is 13.3. The topological polar surface area (TPSA) is 60.2 Å². The molecule has 0 saturated carbocycles. The molecule has 0 aliphatic heterocycles. The zero-order valence-electron chi connectivity index (χ0n) is 8.54. The quantitative estimate of drug-likeness (QED) is 0.697. The van der Waals surface area contributed by atoms with E-state index in [2.05, 4.69) is 0 Å². The Hall–Kier alpha value is 0.260. The van der Waals surface area contributed by atoms with Crippen LogP contribution in [0.3, 0.4) is 0 Å². The van der Waals surface area contributed by atoms with Gasteiger partial charge in [0, 0.05) is 12.3 Å². The maximum absolute atomic E-state index is 11.7. The number of nitrogens with two attached hydrogens (primary N) is 1. The highest BCUT2D eigenvalue weighted by Crippen LogP contribution is 2.31. The van der Waals surface area contributed by atoms with E-state index in [1.807, 2.05) is 6.92 Å². The average Bonchev–Trinajstić information content (AvgIpc) is 2.00. The molecule has 13 heavy (non-hydrogen) atoms. The van der Waals surface area contributed by atoms with Gasteiger partial charge in [0.25, 0.3) is 0 Å². The van der Waals surface area contributed by atoms with Crippen molar-refractivity contribution in [2.45, 2.75) is 38.4 Å². The molecular weight excluding hydrogens is 206 g/mol. The fourth-order valence-corrected chi connectivity index (χ4v) is 4.29. The van der Waals surface area contributed by atoms with E-state index in [0.29, 0.717) is 18.7 Å². The highest BCUT2D eigenvalue weighted by molar-refractivity contribution is 8.72. The molecule has 0 aliphatic rings. The Kier molecular flexibility index (Phi) is 5.32. The summed E-state index contributed by atoms with van der Waals surface area (Å²) >= 11 is 0. The van der Waals surface area contributed by atoms with E-state index >= 15 is 0 Å². The molecule has 0 amide bonds. The molecule has 2 N–H and O–H groups in total. The summed E-state index contributed by atoms with van der Waals surface area (Å²) in [5.41, 5.74) is 5.27. The molecule has 0 bridgehead atoms. The third-order valence-corrected chi connectivity index (χ3v) is 6.94. The third-order valence-electron chi connectivity index (χ3n) is 1.89. The summed E-state index contributed by atoms with van der Waals surface area (Å²) in [5.74, 6) is 0.482. The molecule has 0 aromatic carbocycles. The van der Waals surface area contributed by atoms with Crippen molar-refractivity contribution in [2.24, 2.45) is 5.73 Å². The second-order valence-corrected chi connectivity index (χ2v) is 8.26. The van der Waals surface area contributed by atoms with Crippen LogP contribution >= 0.6 is 10.8 Å². The van der Waals surface area contributed by atoms with Crippen LogP contribution in [0.1, 0.15) is 33.6 Å². The maximum Gasteiger partial charge on any atom is 0.206 e. The Bertz CT molecular complexity index is 235. The van der Waals surface area contributed by atoms with Crippen LogP contribution in [0.4, 0.5) is 0 Å². The second-order valence-electron chi connectivity index (χ2n) is 3.57. The summed E-state index contributed by atoms with van der Waals surface area (Å²) in [7, 11) is -2.07. The summed E-state index contributed by atoms with van der Waals surface area (Å²) in [4.78, 5) is 0. The lowest BCUT2D eigenvalue weighted by Crippen LogP contribution is -2.29. The summed E-state index contributed by atoms with van der Waals surface area (Å²) in [6, 6.07) is 0. The Balaban J connectivity index is 4.42. The molecule has 0 aromatic rings. The van der Waals surface area contributed by atoms with Crippen LogP contribution in [-0.4, -0.2) is 25.5 Å². The largest absolute Gasteiger partial charge is 0.330 e. The minimum atomic E-state index is -3.05. The van der Waals surface area contributed by atoms with Crippen molar-refractivity contribution >= 4 is 19.7 Å².